The highest BCUT2D eigenvalue weighted by molar-refractivity contribution is 5.78. The Kier molecular flexibility index (Phi) is 4.11. The molecule has 0 amide bonds. The number of benzene rings is 1. The monoisotopic (exact) mass is 220 g/mol. The van der Waals surface area contributed by atoms with Crippen LogP contribution < -0.4 is 0 Å². The van der Waals surface area contributed by atoms with Crippen molar-refractivity contribution in [2.24, 2.45) is 0 Å². The molecule has 0 spiro atoms. The van der Waals surface area contributed by atoms with Crippen LogP contribution in [0.3, 0.4) is 0 Å². The van der Waals surface area contributed by atoms with Gasteiger partial charge in [0.25, 0.3) is 0 Å². The summed E-state index contributed by atoms with van der Waals surface area (Å²) in [5.41, 5.74) is 0.0585. The van der Waals surface area contributed by atoms with Crippen LogP contribution in [0.5, 0.6) is 0 Å². The van der Waals surface area contributed by atoms with Gasteiger partial charge in [-0.1, -0.05) is 30.3 Å². The number of hydrogen-bond acceptors (Lipinski definition) is 3. The molecular formula is C13H16O3. The van der Waals surface area contributed by atoms with E-state index in [2.05, 4.69) is 4.74 Å². The van der Waals surface area contributed by atoms with Crippen molar-refractivity contribution < 1.29 is 14.3 Å². The molecule has 0 saturated carbocycles. The first-order valence-corrected chi connectivity index (χ1v) is 5.04. The van der Waals surface area contributed by atoms with Crippen LogP contribution in [0.25, 0.3) is 6.08 Å². The van der Waals surface area contributed by atoms with E-state index in [-0.39, 0.29) is 0 Å². The highest BCUT2D eigenvalue weighted by Gasteiger charge is 2.29. The zero-order valence-electron chi connectivity index (χ0n) is 9.77. The average Bonchev–Trinajstić information content (AvgIpc) is 2.29. The summed E-state index contributed by atoms with van der Waals surface area (Å²) in [4.78, 5) is 11.3. The van der Waals surface area contributed by atoms with E-state index < -0.39 is 11.6 Å². The fourth-order valence-corrected chi connectivity index (χ4v) is 1.14. The van der Waals surface area contributed by atoms with Gasteiger partial charge in [-0.3, -0.25) is 0 Å². The van der Waals surface area contributed by atoms with Crippen LogP contribution in [0.1, 0.15) is 19.4 Å². The van der Waals surface area contributed by atoms with Crippen molar-refractivity contribution in [2.75, 3.05) is 7.11 Å². The number of esters is 1. The smallest absolute Gasteiger partial charge is 0.349 e. The minimum atomic E-state index is -0.958. The summed E-state index contributed by atoms with van der Waals surface area (Å²) in [6, 6.07) is 9.71. The Morgan fingerprint density at radius 3 is 2.44 bits per heavy atom. The zero-order valence-corrected chi connectivity index (χ0v) is 9.77. The van der Waals surface area contributed by atoms with Crippen LogP contribution in [0, 0.1) is 0 Å². The lowest BCUT2D eigenvalue weighted by Gasteiger charge is -2.20. The Bertz CT molecular complexity index is 366. The number of hydrogen-bond donors (Lipinski definition) is 0. The number of ether oxygens (including phenoxy) is 2. The van der Waals surface area contributed by atoms with E-state index in [9.17, 15) is 4.79 Å². The summed E-state index contributed by atoms with van der Waals surface area (Å²) in [6.07, 6.45) is 3.30. The molecule has 3 heteroatoms. The van der Waals surface area contributed by atoms with Gasteiger partial charge in [-0.25, -0.2) is 4.79 Å². The number of carbonyl (C=O) groups excluding carboxylic acids is 1. The van der Waals surface area contributed by atoms with Gasteiger partial charge in [-0.05, 0) is 25.5 Å². The molecule has 86 valence electrons. The largest absolute Gasteiger partial charge is 0.484 e. The minimum absolute atomic E-state index is 0.398. The van der Waals surface area contributed by atoms with E-state index in [1.54, 1.807) is 19.9 Å². The quantitative estimate of drug-likeness (QED) is 0.578. The maximum Gasteiger partial charge on any atom is 0.349 e. The molecule has 0 unspecified atom stereocenters. The zero-order chi connectivity index (χ0) is 12.0. The molecule has 0 radical (unpaired) electrons. The highest BCUT2D eigenvalue weighted by atomic mass is 16.6. The topological polar surface area (TPSA) is 35.5 Å². The third kappa shape index (κ3) is 3.42. The fourth-order valence-electron chi connectivity index (χ4n) is 1.14. The normalized spacial score (nSPS) is 11.4. The van der Waals surface area contributed by atoms with Crippen LogP contribution in [0.2, 0.25) is 0 Å². The standard InChI is InChI=1S/C13H16O3/c1-13(2,12(14)15-3)16-10-9-11-7-5-4-6-8-11/h4-10H,1-3H3. The molecule has 1 rings (SSSR count). The van der Waals surface area contributed by atoms with Crippen molar-refractivity contribution in [1.29, 1.82) is 0 Å². The predicted molar refractivity (Wildman–Crippen MR) is 62.7 cm³/mol. The van der Waals surface area contributed by atoms with Crippen LogP contribution in [0.15, 0.2) is 36.6 Å². The Labute approximate surface area is 95.7 Å². The lowest BCUT2D eigenvalue weighted by atomic mass is 10.1. The van der Waals surface area contributed by atoms with Crippen LogP contribution in [0.4, 0.5) is 0 Å². The predicted octanol–water partition coefficient (Wildman–Crippen LogP) is 2.63. The van der Waals surface area contributed by atoms with E-state index in [1.807, 2.05) is 30.3 Å². The van der Waals surface area contributed by atoms with Gasteiger partial charge in [0.15, 0.2) is 5.60 Å². The fraction of sp³-hybridized carbons (Fsp3) is 0.308. The molecule has 1 aromatic carbocycles. The van der Waals surface area contributed by atoms with Gasteiger partial charge in [-0.15, -0.1) is 0 Å². The van der Waals surface area contributed by atoms with Crippen molar-refractivity contribution >= 4 is 12.0 Å². The number of rotatable bonds is 4. The molecule has 0 aliphatic heterocycles. The summed E-state index contributed by atoms with van der Waals surface area (Å²) in [7, 11) is 1.34. The highest BCUT2D eigenvalue weighted by Crippen LogP contribution is 2.12. The third-order valence-electron chi connectivity index (χ3n) is 2.10. The lowest BCUT2D eigenvalue weighted by Crippen LogP contribution is -2.34. The summed E-state index contributed by atoms with van der Waals surface area (Å²) >= 11 is 0. The SMILES string of the molecule is COC(=O)C(C)(C)OC=Cc1ccccc1. The van der Waals surface area contributed by atoms with Gasteiger partial charge >= 0.3 is 5.97 Å². The van der Waals surface area contributed by atoms with Crippen LogP contribution in [-0.2, 0) is 14.3 Å². The van der Waals surface area contributed by atoms with E-state index in [0.29, 0.717) is 0 Å². The van der Waals surface area contributed by atoms with Crippen molar-refractivity contribution in [2.45, 2.75) is 19.4 Å². The first-order valence-electron chi connectivity index (χ1n) is 5.04. The minimum Gasteiger partial charge on any atom is -0.484 e. The summed E-state index contributed by atoms with van der Waals surface area (Å²) < 4.78 is 9.95. The summed E-state index contributed by atoms with van der Waals surface area (Å²) in [6.45, 7) is 3.32. The molecule has 0 aliphatic rings. The summed E-state index contributed by atoms with van der Waals surface area (Å²) in [5.74, 6) is -0.398. The van der Waals surface area contributed by atoms with Crippen LogP contribution >= 0.6 is 0 Å². The van der Waals surface area contributed by atoms with E-state index in [1.165, 1.54) is 13.4 Å². The first-order chi connectivity index (χ1) is 7.56. The first kappa shape index (κ1) is 12.3. The third-order valence-corrected chi connectivity index (χ3v) is 2.10. The molecule has 0 atom stereocenters. The van der Waals surface area contributed by atoms with Crippen molar-refractivity contribution in [3.8, 4) is 0 Å². The Morgan fingerprint density at radius 1 is 1.25 bits per heavy atom. The lowest BCUT2D eigenvalue weighted by molar-refractivity contribution is -0.159. The Hall–Kier alpha value is -1.77. The molecule has 0 N–H and O–H groups in total. The second kappa shape index (κ2) is 5.35. The van der Waals surface area contributed by atoms with Gasteiger partial charge in [0, 0.05) is 0 Å². The summed E-state index contributed by atoms with van der Waals surface area (Å²) in [5, 5.41) is 0. The van der Waals surface area contributed by atoms with Crippen molar-refractivity contribution in [3.63, 3.8) is 0 Å². The molecule has 0 aliphatic carbocycles. The molecular weight excluding hydrogens is 204 g/mol. The molecule has 0 fully saturated rings. The molecule has 0 aromatic heterocycles. The Balaban J connectivity index is 2.58. The average molecular weight is 220 g/mol. The molecule has 0 heterocycles. The van der Waals surface area contributed by atoms with Gasteiger partial charge in [0.05, 0.1) is 13.4 Å². The second-order valence-corrected chi connectivity index (χ2v) is 3.83. The molecule has 0 bridgehead atoms. The van der Waals surface area contributed by atoms with Gasteiger partial charge in [0.1, 0.15) is 0 Å². The maximum absolute atomic E-state index is 11.3. The van der Waals surface area contributed by atoms with Gasteiger partial charge in [0.2, 0.25) is 0 Å². The van der Waals surface area contributed by atoms with Gasteiger partial charge in [-0.2, -0.15) is 0 Å². The van der Waals surface area contributed by atoms with Crippen LogP contribution in [-0.4, -0.2) is 18.7 Å². The molecule has 3 nitrogen and oxygen atoms in total. The maximum atomic E-state index is 11.3. The second-order valence-electron chi connectivity index (χ2n) is 3.83. The van der Waals surface area contributed by atoms with E-state index >= 15 is 0 Å². The number of methoxy groups -OCH3 is 1. The van der Waals surface area contributed by atoms with E-state index in [0.717, 1.165) is 5.56 Å². The van der Waals surface area contributed by atoms with Crippen molar-refractivity contribution in [3.05, 3.63) is 42.2 Å². The molecule has 0 saturated heterocycles. The molecule has 1 aromatic rings. The number of carbonyl (C=O) groups is 1. The van der Waals surface area contributed by atoms with Crippen molar-refractivity contribution in [1.82, 2.24) is 0 Å². The molecule has 16 heavy (non-hydrogen) atoms. The Morgan fingerprint density at radius 2 is 1.88 bits per heavy atom. The van der Waals surface area contributed by atoms with E-state index in [4.69, 9.17) is 4.74 Å². The van der Waals surface area contributed by atoms with Gasteiger partial charge < -0.3 is 9.47 Å².